The number of unbranched alkanes of at least 4 members (excludes halogenated alkanes) is 41. The highest BCUT2D eigenvalue weighted by Gasteiger charge is 2.19. The van der Waals surface area contributed by atoms with Gasteiger partial charge < -0.3 is 14.2 Å². The van der Waals surface area contributed by atoms with E-state index in [1.54, 1.807) is 0 Å². The van der Waals surface area contributed by atoms with Gasteiger partial charge in [-0.25, -0.2) is 0 Å². The van der Waals surface area contributed by atoms with Gasteiger partial charge in [0.25, 0.3) is 0 Å². The van der Waals surface area contributed by atoms with Gasteiger partial charge in [0.1, 0.15) is 13.2 Å². The molecule has 0 heterocycles. The van der Waals surface area contributed by atoms with Gasteiger partial charge in [-0.2, -0.15) is 0 Å². The minimum atomic E-state index is -0.785. The average molecular weight is 1160 g/mol. The van der Waals surface area contributed by atoms with Crippen LogP contribution in [-0.4, -0.2) is 37.2 Å². The van der Waals surface area contributed by atoms with Crippen molar-refractivity contribution in [3.63, 3.8) is 0 Å². The van der Waals surface area contributed by atoms with Crippen LogP contribution in [0.1, 0.15) is 367 Å². The second-order valence-electron chi connectivity index (χ2n) is 24.1. The molecule has 0 spiro atoms. The van der Waals surface area contributed by atoms with Crippen molar-refractivity contribution in [3.8, 4) is 0 Å². The van der Waals surface area contributed by atoms with Gasteiger partial charge in [0.2, 0.25) is 0 Å². The Kier molecular flexibility index (Phi) is 68.2. The summed E-state index contributed by atoms with van der Waals surface area (Å²) in [5, 5.41) is 0. The van der Waals surface area contributed by atoms with Crippen LogP contribution in [0, 0.1) is 0 Å². The van der Waals surface area contributed by atoms with Crippen molar-refractivity contribution in [1.82, 2.24) is 0 Å². The molecule has 0 radical (unpaired) electrons. The first-order valence-electron chi connectivity index (χ1n) is 36.1. The third-order valence-corrected chi connectivity index (χ3v) is 15.9. The largest absolute Gasteiger partial charge is 0.462 e. The van der Waals surface area contributed by atoms with Gasteiger partial charge in [-0.1, -0.05) is 337 Å². The summed E-state index contributed by atoms with van der Waals surface area (Å²) in [6.45, 7) is 6.56. The molecule has 0 N–H and O–H groups in total. The van der Waals surface area contributed by atoms with Gasteiger partial charge in [-0.3, -0.25) is 14.4 Å². The normalized spacial score (nSPS) is 12.6. The van der Waals surface area contributed by atoms with E-state index in [1.165, 1.54) is 218 Å². The zero-order valence-corrected chi connectivity index (χ0v) is 55.2. The molecule has 480 valence electrons. The fourth-order valence-corrected chi connectivity index (χ4v) is 10.5. The Morgan fingerprint density at radius 1 is 0.253 bits per heavy atom. The van der Waals surface area contributed by atoms with Crippen molar-refractivity contribution in [2.75, 3.05) is 13.2 Å². The summed E-state index contributed by atoms with van der Waals surface area (Å²) in [7, 11) is 0. The lowest BCUT2D eigenvalue weighted by atomic mass is 10.0. The Labute approximate surface area is 515 Å². The fourth-order valence-electron chi connectivity index (χ4n) is 10.5. The molecule has 83 heavy (non-hydrogen) atoms. The Balaban J connectivity index is 4.29. The third kappa shape index (κ3) is 69.3. The molecule has 0 aromatic heterocycles. The minimum Gasteiger partial charge on any atom is -0.462 e. The molecule has 0 aliphatic heterocycles. The summed E-state index contributed by atoms with van der Waals surface area (Å²) in [6.07, 6.45) is 94.7. The van der Waals surface area contributed by atoms with Crippen molar-refractivity contribution in [2.24, 2.45) is 0 Å². The SMILES string of the molecule is CC/C=C\C/C=C\C/C=C\C/C=C\C/C=C\C/C=C\CCCCCCCCC(=O)OC(COC(=O)CCCCCCCCCCCCCCC)COC(=O)CCCCCCCCCCCCCCCCC/C=C\CCCCCCCCCC. The van der Waals surface area contributed by atoms with E-state index in [0.717, 1.165) is 109 Å². The van der Waals surface area contributed by atoms with Crippen LogP contribution < -0.4 is 0 Å². The predicted molar refractivity (Wildman–Crippen MR) is 362 cm³/mol. The van der Waals surface area contributed by atoms with Gasteiger partial charge in [0.15, 0.2) is 6.10 Å². The number of hydrogen-bond donors (Lipinski definition) is 0. The molecule has 0 aliphatic rings. The van der Waals surface area contributed by atoms with E-state index in [4.69, 9.17) is 14.2 Å². The molecule has 0 saturated heterocycles. The maximum absolute atomic E-state index is 13.0. The summed E-state index contributed by atoms with van der Waals surface area (Å²) in [4.78, 5) is 38.5. The van der Waals surface area contributed by atoms with Gasteiger partial charge >= 0.3 is 17.9 Å². The van der Waals surface area contributed by atoms with E-state index in [-0.39, 0.29) is 31.1 Å². The van der Waals surface area contributed by atoms with Crippen molar-refractivity contribution in [1.29, 1.82) is 0 Å². The third-order valence-electron chi connectivity index (χ3n) is 15.9. The van der Waals surface area contributed by atoms with E-state index in [0.29, 0.717) is 19.3 Å². The second-order valence-corrected chi connectivity index (χ2v) is 24.1. The lowest BCUT2D eigenvalue weighted by molar-refractivity contribution is -0.167. The van der Waals surface area contributed by atoms with Crippen molar-refractivity contribution in [3.05, 3.63) is 85.1 Å². The summed E-state index contributed by atoms with van der Waals surface area (Å²) >= 11 is 0. The van der Waals surface area contributed by atoms with Gasteiger partial charge in [0, 0.05) is 19.3 Å². The van der Waals surface area contributed by atoms with Crippen LogP contribution in [0.15, 0.2) is 85.1 Å². The highest BCUT2D eigenvalue weighted by molar-refractivity contribution is 5.71. The molecule has 1 atom stereocenters. The molecule has 0 saturated carbocycles. The molecule has 0 amide bonds. The van der Waals surface area contributed by atoms with Crippen LogP contribution in [-0.2, 0) is 28.6 Å². The second kappa shape index (κ2) is 71.1. The number of hydrogen-bond acceptors (Lipinski definition) is 6. The molecule has 0 fully saturated rings. The first-order chi connectivity index (χ1) is 41.0. The molecule has 1 unspecified atom stereocenters. The number of allylic oxidation sites excluding steroid dienone is 14. The lowest BCUT2D eigenvalue weighted by Crippen LogP contribution is -2.30. The smallest absolute Gasteiger partial charge is 0.306 e. The number of esters is 3. The fraction of sp³-hybridized carbons (Fsp3) is 0.779. The molecule has 0 aliphatic carbocycles. The van der Waals surface area contributed by atoms with E-state index in [9.17, 15) is 14.4 Å². The van der Waals surface area contributed by atoms with Crippen LogP contribution in [0.25, 0.3) is 0 Å². The molecule has 0 bridgehead atoms. The zero-order chi connectivity index (χ0) is 59.9. The summed E-state index contributed by atoms with van der Waals surface area (Å²) in [6, 6.07) is 0. The number of carbonyl (C=O) groups excluding carboxylic acids is 3. The lowest BCUT2D eigenvalue weighted by Gasteiger charge is -2.18. The maximum Gasteiger partial charge on any atom is 0.306 e. The van der Waals surface area contributed by atoms with Crippen molar-refractivity contribution < 1.29 is 28.6 Å². The monoisotopic (exact) mass is 1160 g/mol. The Morgan fingerprint density at radius 2 is 0.470 bits per heavy atom. The zero-order valence-electron chi connectivity index (χ0n) is 55.2. The van der Waals surface area contributed by atoms with Crippen molar-refractivity contribution in [2.45, 2.75) is 374 Å². The summed E-state index contributed by atoms with van der Waals surface area (Å²) in [5.41, 5.74) is 0. The topological polar surface area (TPSA) is 78.9 Å². The molecule has 0 rings (SSSR count). The first-order valence-corrected chi connectivity index (χ1v) is 36.1. The molecule has 6 heteroatoms. The van der Waals surface area contributed by atoms with Crippen LogP contribution in [0.5, 0.6) is 0 Å². The Bertz CT molecular complexity index is 1570. The summed E-state index contributed by atoms with van der Waals surface area (Å²) < 4.78 is 17.0. The molecule has 0 aromatic carbocycles. The van der Waals surface area contributed by atoms with Crippen LogP contribution in [0.3, 0.4) is 0 Å². The molecular formula is C77H136O6. The Morgan fingerprint density at radius 3 is 0.747 bits per heavy atom. The summed E-state index contributed by atoms with van der Waals surface area (Å²) in [5.74, 6) is -0.873. The Hall–Kier alpha value is -3.41. The van der Waals surface area contributed by atoms with Gasteiger partial charge in [0.05, 0.1) is 0 Å². The van der Waals surface area contributed by atoms with Crippen molar-refractivity contribution >= 4 is 17.9 Å². The predicted octanol–water partition coefficient (Wildman–Crippen LogP) is 25.0. The highest BCUT2D eigenvalue weighted by Crippen LogP contribution is 2.18. The minimum absolute atomic E-state index is 0.0786. The number of carbonyl (C=O) groups is 3. The number of ether oxygens (including phenoxy) is 3. The van der Waals surface area contributed by atoms with E-state index < -0.39 is 6.10 Å². The highest BCUT2D eigenvalue weighted by atomic mass is 16.6. The number of rotatable bonds is 66. The first kappa shape index (κ1) is 79.6. The van der Waals surface area contributed by atoms with Crippen LogP contribution in [0.4, 0.5) is 0 Å². The average Bonchev–Trinajstić information content (AvgIpc) is 3.49. The van der Waals surface area contributed by atoms with E-state index in [2.05, 4.69) is 106 Å². The maximum atomic E-state index is 13.0. The van der Waals surface area contributed by atoms with Crippen LogP contribution >= 0.6 is 0 Å². The standard InChI is InChI=1S/C77H136O6/c1-4-7-10-13-16-19-22-25-27-29-31-33-35-37-38-40-41-43-45-47-49-52-55-58-61-64-67-70-76(79)82-73-74(72-81-75(78)69-66-63-60-57-54-51-24-21-18-15-12-9-6-3)83-77(80)71-68-65-62-59-56-53-50-48-46-44-42-39-36-34-32-30-28-26-23-20-17-14-11-8-5-2/h8,11,17,20,26,28-29,31-32,34,39,42,46,48,74H,4-7,9-10,12-16,18-19,21-25,27,30,33,35-38,40-41,43-45,47,49-73H2,1-3H3/b11-8-,20-17-,28-26-,31-29-,34-32-,42-39-,48-46-. The molecule has 6 nitrogen and oxygen atoms in total. The quantitative estimate of drug-likeness (QED) is 0.0261. The molecular weight excluding hydrogens is 1020 g/mol. The van der Waals surface area contributed by atoms with Gasteiger partial charge in [-0.05, 0) is 96.3 Å². The van der Waals surface area contributed by atoms with E-state index in [1.807, 2.05) is 0 Å². The van der Waals surface area contributed by atoms with Crippen LogP contribution in [0.2, 0.25) is 0 Å². The van der Waals surface area contributed by atoms with E-state index >= 15 is 0 Å². The van der Waals surface area contributed by atoms with Gasteiger partial charge in [-0.15, -0.1) is 0 Å². The molecule has 0 aromatic rings.